The minimum absolute atomic E-state index is 0.207. The Kier molecular flexibility index (Phi) is 6.28. The predicted octanol–water partition coefficient (Wildman–Crippen LogP) is 3.55. The average Bonchev–Trinajstić information content (AvgIpc) is 2.97. The summed E-state index contributed by atoms with van der Waals surface area (Å²) in [6, 6.07) is 11.9. The van der Waals surface area contributed by atoms with Gasteiger partial charge in [0.1, 0.15) is 5.75 Å². The zero-order valence-corrected chi connectivity index (χ0v) is 15.6. The van der Waals surface area contributed by atoms with Gasteiger partial charge in [0.2, 0.25) is 5.91 Å². The third-order valence-corrected chi connectivity index (χ3v) is 5.23. The highest BCUT2D eigenvalue weighted by Crippen LogP contribution is 2.23. The number of hydrogen-bond acceptors (Lipinski definition) is 5. The molecule has 1 aliphatic heterocycles. The van der Waals surface area contributed by atoms with Gasteiger partial charge in [-0.25, -0.2) is 0 Å². The zero-order valence-electron chi connectivity index (χ0n) is 14.7. The molecular formula is C20H22N2O3S. The van der Waals surface area contributed by atoms with Crippen molar-refractivity contribution < 1.29 is 14.3 Å². The first-order valence-corrected chi connectivity index (χ1v) is 9.69. The summed E-state index contributed by atoms with van der Waals surface area (Å²) < 4.78 is 5.77. The highest BCUT2D eigenvalue weighted by atomic mass is 32.2. The van der Waals surface area contributed by atoms with E-state index in [9.17, 15) is 9.59 Å². The highest BCUT2D eigenvalue weighted by molar-refractivity contribution is 8.15. The van der Waals surface area contributed by atoms with Crippen molar-refractivity contribution in [2.75, 3.05) is 6.61 Å². The second kappa shape index (κ2) is 8.85. The molecule has 1 saturated heterocycles. The Hall–Kier alpha value is -2.34. The predicted molar refractivity (Wildman–Crippen MR) is 102 cm³/mol. The Morgan fingerprint density at radius 3 is 2.50 bits per heavy atom. The van der Waals surface area contributed by atoms with Crippen LogP contribution in [0.15, 0.2) is 42.6 Å². The smallest absolute Gasteiger partial charge is 0.286 e. The molecule has 0 bridgehead atoms. The SMILES string of the molecule is CCc1ccc(CCCOc2ccc(CC3SC(=O)NC3=O)cc2)nc1. The fourth-order valence-corrected chi connectivity index (χ4v) is 3.58. The number of carbonyl (C=O) groups excluding carboxylic acids is 2. The van der Waals surface area contributed by atoms with E-state index in [2.05, 4.69) is 29.4 Å². The fraction of sp³-hybridized carbons (Fsp3) is 0.350. The molecule has 6 heteroatoms. The van der Waals surface area contributed by atoms with E-state index in [1.165, 1.54) is 5.56 Å². The van der Waals surface area contributed by atoms with Crippen molar-refractivity contribution in [3.63, 3.8) is 0 Å². The number of pyridine rings is 1. The molecule has 1 aliphatic rings. The topological polar surface area (TPSA) is 68.3 Å². The summed E-state index contributed by atoms with van der Waals surface area (Å²) in [6.07, 6.45) is 5.28. The molecule has 1 unspecified atom stereocenters. The molecule has 1 N–H and O–H groups in total. The van der Waals surface area contributed by atoms with Crippen molar-refractivity contribution >= 4 is 22.9 Å². The number of carbonyl (C=O) groups is 2. The molecule has 1 aromatic heterocycles. The fourth-order valence-electron chi connectivity index (χ4n) is 2.72. The zero-order chi connectivity index (χ0) is 18.4. The number of aryl methyl sites for hydroxylation is 2. The number of ether oxygens (including phenoxy) is 1. The van der Waals surface area contributed by atoms with Gasteiger partial charge in [0.05, 0.1) is 11.9 Å². The van der Waals surface area contributed by atoms with Crippen LogP contribution < -0.4 is 10.1 Å². The number of amides is 2. The van der Waals surface area contributed by atoms with Gasteiger partial charge in [0.25, 0.3) is 5.24 Å². The van der Waals surface area contributed by atoms with Crippen LogP contribution in [-0.4, -0.2) is 28.0 Å². The molecule has 1 fully saturated rings. The van der Waals surface area contributed by atoms with Crippen molar-refractivity contribution in [3.8, 4) is 5.75 Å². The summed E-state index contributed by atoms with van der Waals surface area (Å²) in [4.78, 5) is 27.2. The molecule has 5 nitrogen and oxygen atoms in total. The van der Waals surface area contributed by atoms with Crippen molar-refractivity contribution in [1.29, 1.82) is 0 Å². The molecule has 2 heterocycles. The summed E-state index contributed by atoms with van der Waals surface area (Å²) in [7, 11) is 0. The van der Waals surface area contributed by atoms with Crippen molar-refractivity contribution in [2.24, 2.45) is 0 Å². The van der Waals surface area contributed by atoms with E-state index >= 15 is 0 Å². The van der Waals surface area contributed by atoms with Gasteiger partial charge in [-0.3, -0.25) is 19.9 Å². The Balaban J connectivity index is 1.41. The minimum Gasteiger partial charge on any atom is -0.494 e. The third-order valence-electron chi connectivity index (χ3n) is 4.25. The molecule has 1 aromatic carbocycles. The Labute approximate surface area is 157 Å². The van der Waals surface area contributed by atoms with Crippen LogP contribution in [0.1, 0.15) is 30.2 Å². The monoisotopic (exact) mass is 370 g/mol. The van der Waals surface area contributed by atoms with Gasteiger partial charge >= 0.3 is 0 Å². The number of imide groups is 1. The van der Waals surface area contributed by atoms with Crippen LogP contribution in [0.2, 0.25) is 0 Å². The number of nitrogens with one attached hydrogen (secondary N) is 1. The summed E-state index contributed by atoms with van der Waals surface area (Å²) in [6.45, 7) is 2.75. The van der Waals surface area contributed by atoms with E-state index in [-0.39, 0.29) is 16.4 Å². The second-order valence-electron chi connectivity index (χ2n) is 6.19. The van der Waals surface area contributed by atoms with E-state index in [0.717, 1.165) is 48.0 Å². The van der Waals surface area contributed by atoms with E-state index in [1.54, 1.807) is 0 Å². The highest BCUT2D eigenvalue weighted by Gasteiger charge is 2.31. The standard InChI is InChI=1S/C20H22N2O3S/c1-2-14-5-8-16(21-13-14)4-3-11-25-17-9-6-15(7-10-17)12-18-19(23)22-20(24)26-18/h5-10,13,18H,2-4,11-12H2,1H3,(H,22,23,24). The first kappa shape index (κ1) is 18.5. The van der Waals surface area contributed by atoms with Crippen LogP contribution in [0.5, 0.6) is 5.75 Å². The van der Waals surface area contributed by atoms with Crippen LogP contribution in [0.25, 0.3) is 0 Å². The molecular weight excluding hydrogens is 348 g/mol. The lowest BCUT2D eigenvalue weighted by Gasteiger charge is -2.09. The first-order valence-electron chi connectivity index (χ1n) is 8.81. The van der Waals surface area contributed by atoms with Crippen LogP contribution >= 0.6 is 11.8 Å². The molecule has 2 aromatic rings. The summed E-state index contributed by atoms with van der Waals surface area (Å²) >= 11 is 1.05. The largest absolute Gasteiger partial charge is 0.494 e. The van der Waals surface area contributed by atoms with Gasteiger partial charge in [0.15, 0.2) is 0 Å². The number of nitrogens with zero attached hydrogens (tertiary/aromatic N) is 1. The normalized spacial score (nSPS) is 16.6. The van der Waals surface area contributed by atoms with E-state index in [1.807, 2.05) is 30.5 Å². The van der Waals surface area contributed by atoms with Gasteiger partial charge in [-0.2, -0.15) is 0 Å². The number of hydrogen-bond donors (Lipinski definition) is 1. The maximum Gasteiger partial charge on any atom is 0.286 e. The van der Waals surface area contributed by atoms with Gasteiger partial charge in [-0.1, -0.05) is 36.9 Å². The third kappa shape index (κ3) is 5.08. The summed E-state index contributed by atoms with van der Waals surface area (Å²) in [5, 5.41) is 1.71. The lowest BCUT2D eigenvalue weighted by Crippen LogP contribution is -2.25. The molecule has 0 aliphatic carbocycles. The molecule has 1 atom stereocenters. The molecule has 136 valence electrons. The summed E-state index contributed by atoms with van der Waals surface area (Å²) in [5.74, 6) is 0.601. The lowest BCUT2D eigenvalue weighted by atomic mass is 10.1. The second-order valence-corrected chi connectivity index (χ2v) is 7.37. The number of thioether (sulfide) groups is 1. The van der Waals surface area contributed by atoms with Crippen molar-refractivity contribution in [1.82, 2.24) is 10.3 Å². The number of aromatic nitrogens is 1. The van der Waals surface area contributed by atoms with Crippen molar-refractivity contribution in [2.45, 2.75) is 37.9 Å². The lowest BCUT2D eigenvalue weighted by molar-refractivity contribution is -0.118. The quantitative estimate of drug-likeness (QED) is 0.720. The van der Waals surface area contributed by atoms with Gasteiger partial charge in [-0.05, 0) is 55.0 Å². The van der Waals surface area contributed by atoms with Crippen LogP contribution in [0, 0.1) is 0 Å². The molecule has 3 rings (SSSR count). The maximum absolute atomic E-state index is 11.6. The van der Waals surface area contributed by atoms with E-state index < -0.39 is 0 Å². The van der Waals surface area contributed by atoms with E-state index in [4.69, 9.17) is 4.74 Å². The molecule has 2 amide bonds. The number of rotatable bonds is 8. The van der Waals surface area contributed by atoms with Crippen molar-refractivity contribution in [3.05, 3.63) is 59.4 Å². The molecule has 0 radical (unpaired) electrons. The molecule has 0 saturated carbocycles. The van der Waals surface area contributed by atoms with E-state index in [0.29, 0.717) is 13.0 Å². The number of benzene rings is 1. The maximum atomic E-state index is 11.6. The first-order chi connectivity index (χ1) is 12.6. The average molecular weight is 370 g/mol. The Morgan fingerprint density at radius 2 is 1.88 bits per heavy atom. The van der Waals surface area contributed by atoms with Crippen LogP contribution in [0.3, 0.4) is 0 Å². The molecule has 0 spiro atoms. The summed E-state index contributed by atoms with van der Waals surface area (Å²) in [5.41, 5.74) is 3.35. The molecule has 26 heavy (non-hydrogen) atoms. The van der Waals surface area contributed by atoms with Crippen LogP contribution in [-0.2, 0) is 24.1 Å². The van der Waals surface area contributed by atoms with Gasteiger partial charge < -0.3 is 4.74 Å². The minimum atomic E-state index is -0.333. The Morgan fingerprint density at radius 1 is 1.12 bits per heavy atom. The Bertz CT molecular complexity index is 760. The van der Waals surface area contributed by atoms with Crippen LogP contribution in [0.4, 0.5) is 4.79 Å². The van der Waals surface area contributed by atoms with Gasteiger partial charge in [-0.15, -0.1) is 0 Å². The van der Waals surface area contributed by atoms with Gasteiger partial charge in [0, 0.05) is 11.9 Å².